The Morgan fingerprint density at radius 1 is 0.184 bits per heavy atom. The molecular weight excluding hydrogens is 959 g/mol. The van der Waals surface area contributed by atoms with Gasteiger partial charge in [-0.3, -0.25) is 0 Å². The van der Waals surface area contributed by atoms with Gasteiger partial charge in [0, 0.05) is 31.8 Å². The van der Waals surface area contributed by atoms with Crippen LogP contribution in [0.5, 0.6) is 0 Å². The molecule has 0 unspecified atom stereocenters. The molecular formula is C72H48O2P2. The zero-order valence-corrected chi connectivity index (χ0v) is 43.2. The molecule has 358 valence electrons. The van der Waals surface area contributed by atoms with E-state index in [9.17, 15) is 0 Å². The molecule has 0 heterocycles. The first kappa shape index (κ1) is 45.7. The van der Waals surface area contributed by atoms with Crippen LogP contribution in [0.15, 0.2) is 291 Å². The van der Waals surface area contributed by atoms with Gasteiger partial charge in [0.2, 0.25) is 0 Å². The van der Waals surface area contributed by atoms with Gasteiger partial charge in [-0.05, 0) is 147 Å². The fourth-order valence-electron chi connectivity index (χ4n) is 11.7. The molecule has 0 spiro atoms. The maximum Gasteiger partial charge on any atom is 0.171 e. The van der Waals surface area contributed by atoms with Gasteiger partial charge in [0.05, 0.1) is 0 Å². The van der Waals surface area contributed by atoms with Gasteiger partial charge < -0.3 is 9.13 Å². The third-order valence-corrected chi connectivity index (χ3v) is 21.6. The number of fused-ring (bicyclic) bond motifs is 6. The average molecular weight is 1010 g/mol. The monoisotopic (exact) mass is 1010 g/mol. The molecule has 2 nitrogen and oxygen atoms in total. The quantitative estimate of drug-likeness (QED) is 0.107. The highest BCUT2D eigenvalue weighted by Crippen LogP contribution is 2.49. The van der Waals surface area contributed by atoms with Crippen molar-refractivity contribution >= 4 is 111 Å². The highest BCUT2D eigenvalue weighted by atomic mass is 31.2. The fourth-order valence-corrected chi connectivity index (χ4v) is 17.0. The predicted molar refractivity (Wildman–Crippen MR) is 327 cm³/mol. The van der Waals surface area contributed by atoms with Crippen LogP contribution in [0.1, 0.15) is 0 Å². The van der Waals surface area contributed by atoms with Crippen molar-refractivity contribution < 1.29 is 9.13 Å². The van der Waals surface area contributed by atoms with Gasteiger partial charge in [-0.25, -0.2) is 0 Å². The minimum Gasteiger partial charge on any atom is -0.309 e. The zero-order chi connectivity index (χ0) is 50.8. The van der Waals surface area contributed by atoms with Crippen LogP contribution in [-0.2, 0) is 9.13 Å². The van der Waals surface area contributed by atoms with Crippen LogP contribution >= 0.6 is 14.3 Å². The first-order valence-electron chi connectivity index (χ1n) is 25.8. The predicted octanol–water partition coefficient (Wildman–Crippen LogP) is 16.9. The molecule has 0 bridgehead atoms. The summed E-state index contributed by atoms with van der Waals surface area (Å²) in [5, 5.41) is 18.5. The molecule has 76 heavy (non-hydrogen) atoms. The Kier molecular flexibility index (Phi) is 11.1. The number of benzene rings is 14. The van der Waals surface area contributed by atoms with Crippen molar-refractivity contribution in [3.8, 4) is 33.4 Å². The van der Waals surface area contributed by atoms with Crippen molar-refractivity contribution in [1.82, 2.24) is 0 Å². The molecule has 0 aliphatic heterocycles. The van der Waals surface area contributed by atoms with Crippen molar-refractivity contribution in [3.63, 3.8) is 0 Å². The lowest BCUT2D eigenvalue weighted by molar-refractivity contribution is 0.591. The van der Waals surface area contributed by atoms with Gasteiger partial charge >= 0.3 is 0 Å². The smallest absolute Gasteiger partial charge is 0.171 e. The summed E-state index contributed by atoms with van der Waals surface area (Å²) in [6.07, 6.45) is 0. The van der Waals surface area contributed by atoms with Crippen LogP contribution < -0.4 is 31.8 Å². The number of hydrogen-bond donors (Lipinski definition) is 0. The van der Waals surface area contributed by atoms with Crippen LogP contribution in [0.25, 0.3) is 98.0 Å². The number of hydrogen-bond acceptors (Lipinski definition) is 2. The van der Waals surface area contributed by atoms with Crippen molar-refractivity contribution in [1.29, 1.82) is 0 Å². The van der Waals surface area contributed by atoms with E-state index >= 15 is 9.13 Å². The second kappa shape index (κ2) is 18.5. The molecule has 14 aromatic rings. The second-order valence-electron chi connectivity index (χ2n) is 19.9. The van der Waals surface area contributed by atoms with Crippen molar-refractivity contribution in [2.24, 2.45) is 0 Å². The Labute approximate surface area is 442 Å². The molecule has 0 saturated heterocycles. The summed E-state index contributed by atoms with van der Waals surface area (Å²) in [4.78, 5) is 0. The van der Waals surface area contributed by atoms with E-state index in [1.54, 1.807) is 0 Å². The normalized spacial score (nSPS) is 12.1. The Morgan fingerprint density at radius 2 is 0.487 bits per heavy atom. The van der Waals surface area contributed by atoms with E-state index in [0.717, 1.165) is 97.5 Å². The molecule has 14 rings (SSSR count). The van der Waals surface area contributed by atoms with E-state index in [1.807, 2.05) is 121 Å². The summed E-state index contributed by atoms with van der Waals surface area (Å²) >= 11 is 0. The molecule has 0 aromatic heterocycles. The first-order valence-corrected chi connectivity index (χ1v) is 29.3. The van der Waals surface area contributed by atoms with Gasteiger partial charge in [0.1, 0.15) is 0 Å². The minimum absolute atomic E-state index is 0.778. The lowest BCUT2D eigenvalue weighted by Crippen LogP contribution is -2.25. The lowest BCUT2D eigenvalue weighted by atomic mass is 9.84. The molecule has 0 N–H and O–H groups in total. The molecule has 0 aliphatic carbocycles. The van der Waals surface area contributed by atoms with Crippen LogP contribution in [-0.4, -0.2) is 0 Å². The van der Waals surface area contributed by atoms with E-state index in [1.165, 1.54) is 32.3 Å². The Bertz CT molecular complexity index is 4580. The molecule has 0 fully saturated rings. The summed E-state index contributed by atoms with van der Waals surface area (Å²) in [5.41, 5.74) is 6.43. The van der Waals surface area contributed by atoms with Crippen molar-refractivity contribution in [3.05, 3.63) is 291 Å². The van der Waals surface area contributed by atoms with Crippen molar-refractivity contribution in [2.45, 2.75) is 0 Å². The summed E-state index contributed by atoms with van der Waals surface area (Å²) in [6.45, 7) is 0. The molecule has 0 radical (unpaired) electrons. The molecule has 4 heteroatoms. The summed E-state index contributed by atoms with van der Waals surface area (Å²) in [5.74, 6) is 0. The van der Waals surface area contributed by atoms with E-state index in [2.05, 4.69) is 170 Å². The Balaban J connectivity index is 1.05. The van der Waals surface area contributed by atoms with Gasteiger partial charge in [-0.2, -0.15) is 0 Å². The highest BCUT2D eigenvalue weighted by Gasteiger charge is 2.32. The van der Waals surface area contributed by atoms with E-state index < -0.39 is 14.3 Å². The molecule has 0 atom stereocenters. The Hall–Kier alpha value is -8.90. The van der Waals surface area contributed by atoms with Gasteiger partial charge in [0.25, 0.3) is 0 Å². The van der Waals surface area contributed by atoms with Crippen LogP contribution in [0.4, 0.5) is 0 Å². The van der Waals surface area contributed by atoms with Crippen molar-refractivity contribution in [2.75, 3.05) is 0 Å². The average Bonchev–Trinajstić information content (AvgIpc) is 3.60. The molecule has 0 aliphatic rings. The van der Waals surface area contributed by atoms with Crippen LogP contribution in [0.3, 0.4) is 0 Å². The zero-order valence-electron chi connectivity index (χ0n) is 41.4. The third kappa shape index (κ3) is 7.64. The molecule has 0 amide bonds. The van der Waals surface area contributed by atoms with Crippen LogP contribution in [0, 0.1) is 0 Å². The van der Waals surface area contributed by atoms with E-state index in [4.69, 9.17) is 0 Å². The van der Waals surface area contributed by atoms with Gasteiger partial charge in [-0.1, -0.05) is 243 Å². The second-order valence-corrected chi connectivity index (χ2v) is 25.4. The first-order chi connectivity index (χ1) is 37.4. The van der Waals surface area contributed by atoms with Crippen LogP contribution in [0.2, 0.25) is 0 Å². The lowest BCUT2D eigenvalue weighted by Gasteiger charge is -2.23. The maximum atomic E-state index is 16.3. The highest BCUT2D eigenvalue weighted by molar-refractivity contribution is 7.85. The topological polar surface area (TPSA) is 34.1 Å². The third-order valence-electron chi connectivity index (χ3n) is 15.5. The van der Waals surface area contributed by atoms with E-state index in [-0.39, 0.29) is 0 Å². The molecule has 14 aromatic carbocycles. The molecule has 0 saturated carbocycles. The number of rotatable bonds is 9. The summed E-state index contributed by atoms with van der Waals surface area (Å²) < 4.78 is 31.8. The largest absolute Gasteiger partial charge is 0.309 e. The summed E-state index contributed by atoms with van der Waals surface area (Å²) in [7, 11) is -6.57. The standard InChI is InChI=1S/C72H48O2P2/c73-75(61-21-5-1-6-22-61,62-23-7-2-8-24-62)65-36-33-49(34-37-65)56-35-39-67-69(47-56)71(57-31-29-54-41-50-17-13-15-19-52(50)43-59(54)45-57)68-40-38-66(76(74,63-25-9-3-10-26-63)64-27-11-4-12-28-64)48-70(68)72(67)58-32-30-55-42-51-18-14-16-20-53(51)44-60(55)46-58/h1-48H. The Morgan fingerprint density at radius 3 is 0.921 bits per heavy atom. The van der Waals surface area contributed by atoms with Gasteiger partial charge in [0.15, 0.2) is 14.3 Å². The maximum absolute atomic E-state index is 16.3. The van der Waals surface area contributed by atoms with E-state index in [0.29, 0.717) is 0 Å². The SMILES string of the molecule is O=P(c1ccccc1)(c1ccccc1)c1ccc(-c2ccc3c(-c4ccc5cc6ccccc6cc5c4)c4cc(P(=O)(c5ccccc5)c5ccccc5)ccc4c(-c4ccc5cc6ccccc6cc5c4)c3c2)cc1. The summed E-state index contributed by atoms with van der Waals surface area (Å²) in [6, 6.07) is 101. The van der Waals surface area contributed by atoms with Gasteiger partial charge in [-0.15, -0.1) is 0 Å². The fraction of sp³-hybridized carbons (Fsp3) is 0. The minimum atomic E-state index is -3.39.